The number of halogens is 1. The van der Waals surface area contributed by atoms with Gasteiger partial charge in [0.05, 0.1) is 18.4 Å². The smallest absolute Gasteiger partial charge is 0.252 e. The average molecular weight is 458 g/mol. The van der Waals surface area contributed by atoms with Gasteiger partial charge in [-0.05, 0) is 37.3 Å². The summed E-state index contributed by atoms with van der Waals surface area (Å²) in [5.41, 5.74) is 3.85. The second-order valence-electron chi connectivity index (χ2n) is 7.54. The van der Waals surface area contributed by atoms with Gasteiger partial charge in [0.25, 0.3) is 5.95 Å². The van der Waals surface area contributed by atoms with Crippen molar-refractivity contribution in [3.05, 3.63) is 100 Å². The summed E-state index contributed by atoms with van der Waals surface area (Å²) in [7, 11) is 1.55. The average Bonchev–Trinajstić information content (AvgIpc) is 3.16. The largest absolute Gasteiger partial charge is 0.496 e. The van der Waals surface area contributed by atoms with Crippen LogP contribution in [0.1, 0.15) is 27.3 Å². The molecule has 164 valence electrons. The SMILES string of the molecule is COc1ccccc1C(=O)CN1N=C(c2ccc(Cl)cc2)c2ccccc2-n2c(C)nnc21. The number of hydrogen-bond donors (Lipinski definition) is 0. The Bertz CT molecular complexity index is 1380. The van der Waals surface area contributed by atoms with Crippen molar-refractivity contribution in [3.8, 4) is 11.4 Å². The number of hydrazone groups is 1. The third kappa shape index (κ3) is 3.76. The number of nitrogens with zero attached hydrogens (tertiary/aromatic N) is 5. The van der Waals surface area contributed by atoms with Crippen molar-refractivity contribution in [1.82, 2.24) is 14.8 Å². The lowest BCUT2D eigenvalue weighted by Crippen LogP contribution is -2.28. The van der Waals surface area contributed by atoms with Crippen molar-refractivity contribution in [3.63, 3.8) is 0 Å². The Morgan fingerprint density at radius 1 is 0.970 bits per heavy atom. The van der Waals surface area contributed by atoms with Gasteiger partial charge in [-0.3, -0.25) is 9.36 Å². The molecule has 33 heavy (non-hydrogen) atoms. The molecule has 5 rings (SSSR count). The van der Waals surface area contributed by atoms with E-state index < -0.39 is 0 Å². The third-order valence-corrected chi connectivity index (χ3v) is 5.73. The van der Waals surface area contributed by atoms with E-state index in [1.54, 1.807) is 24.3 Å². The molecular formula is C25H20ClN5O2. The first kappa shape index (κ1) is 20.9. The fourth-order valence-electron chi connectivity index (χ4n) is 3.91. The molecule has 0 saturated heterocycles. The lowest BCUT2D eigenvalue weighted by atomic mass is 10.0. The highest BCUT2D eigenvalue weighted by molar-refractivity contribution is 6.30. The van der Waals surface area contributed by atoms with E-state index in [1.165, 1.54) is 0 Å². The highest BCUT2D eigenvalue weighted by atomic mass is 35.5. The zero-order valence-electron chi connectivity index (χ0n) is 18.1. The first-order valence-electron chi connectivity index (χ1n) is 10.4. The Hall–Kier alpha value is -3.97. The maximum absolute atomic E-state index is 13.3. The van der Waals surface area contributed by atoms with Gasteiger partial charge in [-0.2, -0.15) is 5.10 Å². The Morgan fingerprint density at radius 3 is 2.48 bits per heavy atom. The minimum absolute atomic E-state index is 0.0381. The second kappa shape index (κ2) is 8.52. The van der Waals surface area contributed by atoms with Crippen LogP contribution in [0.15, 0.2) is 77.9 Å². The van der Waals surface area contributed by atoms with Crippen LogP contribution in [0, 0.1) is 6.92 Å². The summed E-state index contributed by atoms with van der Waals surface area (Å²) in [6, 6.07) is 22.5. The molecule has 0 N–H and O–H groups in total. The first-order chi connectivity index (χ1) is 16.1. The molecule has 0 bridgehead atoms. The molecule has 2 heterocycles. The number of Topliss-reactive ketones (excluding diaryl/α,β-unsaturated/α-hetero) is 1. The van der Waals surface area contributed by atoms with E-state index in [0.717, 1.165) is 16.8 Å². The van der Waals surface area contributed by atoms with E-state index in [9.17, 15) is 4.79 Å². The molecule has 0 fully saturated rings. The van der Waals surface area contributed by atoms with Gasteiger partial charge in [0.2, 0.25) is 0 Å². The number of hydrogen-bond acceptors (Lipinski definition) is 6. The van der Waals surface area contributed by atoms with Gasteiger partial charge in [0, 0.05) is 16.1 Å². The molecule has 0 radical (unpaired) electrons. The molecule has 1 aliphatic rings. The lowest BCUT2D eigenvalue weighted by molar-refractivity contribution is 0.0996. The van der Waals surface area contributed by atoms with E-state index in [2.05, 4.69) is 10.2 Å². The molecule has 0 amide bonds. The molecule has 0 unspecified atom stereocenters. The Labute approximate surface area is 195 Å². The van der Waals surface area contributed by atoms with E-state index in [0.29, 0.717) is 33.8 Å². The van der Waals surface area contributed by atoms with E-state index in [1.807, 2.05) is 72.2 Å². The molecule has 3 aromatic carbocycles. The zero-order valence-corrected chi connectivity index (χ0v) is 18.8. The monoisotopic (exact) mass is 457 g/mol. The van der Waals surface area contributed by atoms with Gasteiger partial charge < -0.3 is 4.74 Å². The molecule has 8 heteroatoms. The first-order valence-corrected chi connectivity index (χ1v) is 10.7. The summed E-state index contributed by atoms with van der Waals surface area (Å²) in [5, 5.41) is 15.8. The summed E-state index contributed by atoms with van der Waals surface area (Å²) < 4.78 is 7.30. The third-order valence-electron chi connectivity index (χ3n) is 5.48. The number of ketones is 1. The molecule has 0 atom stereocenters. The summed E-state index contributed by atoms with van der Waals surface area (Å²) in [4.78, 5) is 13.3. The maximum Gasteiger partial charge on any atom is 0.252 e. The van der Waals surface area contributed by atoms with Crippen LogP contribution in [0.2, 0.25) is 5.02 Å². The molecule has 4 aromatic rings. The van der Waals surface area contributed by atoms with Crippen LogP contribution in [0.3, 0.4) is 0 Å². The van der Waals surface area contributed by atoms with Gasteiger partial charge in [-0.25, -0.2) is 5.01 Å². The van der Waals surface area contributed by atoms with Crippen molar-refractivity contribution in [2.45, 2.75) is 6.92 Å². The predicted octanol–water partition coefficient (Wildman–Crippen LogP) is 4.69. The van der Waals surface area contributed by atoms with Crippen molar-refractivity contribution < 1.29 is 9.53 Å². The predicted molar refractivity (Wildman–Crippen MR) is 128 cm³/mol. The Kier molecular flexibility index (Phi) is 5.40. The number of benzene rings is 3. The van der Waals surface area contributed by atoms with Crippen LogP contribution >= 0.6 is 11.6 Å². The number of aromatic nitrogens is 3. The van der Waals surface area contributed by atoms with E-state index >= 15 is 0 Å². The van der Waals surface area contributed by atoms with E-state index in [-0.39, 0.29) is 12.3 Å². The molecule has 0 aliphatic carbocycles. The minimum atomic E-state index is -0.148. The van der Waals surface area contributed by atoms with Crippen molar-refractivity contribution in [1.29, 1.82) is 0 Å². The maximum atomic E-state index is 13.3. The van der Waals surface area contributed by atoms with Gasteiger partial charge in [-0.1, -0.05) is 54.1 Å². The second-order valence-corrected chi connectivity index (χ2v) is 7.97. The van der Waals surface area contributed by atoms with Gasteiger partial charge in [0.1, 0.15) is 23.8 Å². The number of para-hydroxylation sites is 2. The number of carbonyl (C=O) groups excluding carboxylic acids is 1. The summed E-state index contributed by atoms with van der Waals surface area (Å²) in [6.07, 6.45) is 0. The number of anilines is 1. The quantitative estimate of drug-likeness (QED) is 0.406. The van der Waals surface area contributed by atoms with Crippen LogP contribution in [0.25, 0.3) is 5.69 Å². The van der Waals surface area contributed by atoms with Crippen LogP contribution in [-0.4, -0.2) is 39.9 Å². The molecule has 0 spiro atoms. The number of aryl methyl sites for hydroxylation is 1. The van der Waals surface area contributed by atoms with Gasteiger partial charge >= 0.3 is 0 Å². The van der Waals surface area contributed by atoms with Crippen LogP contribution in [0.4, 0.5) is 5.95 Å². The molecule has 7 nitrogen and oxygen atoms in total. The summed E-state index contributed by atoms with van der Waals surface area (Å²) in [6.45, 7) is 1.84. The standard InChI is InChI=1S/C25H20ClN5O2/c1-16-27-28-25-30(15-22(32)20-8-4-6-10-23(20)33-2)29-24(17-11-13-18(26)14-12-17)19-7-3-5-9-21(19)31(16)25/h3-14H,15H2,1-2H3. The van der Waals surface area contributed by atoms with Gasteiger partial charge in [0.15, 0.2) is 5.78 Å². The van der Waals surface area contributed by atoms with E-state index in [4.69, 9.17) is 21.4 Å². The highest BCUT2D eigenvalue weighted by Crippen LogP contribution is 2.30. The normalized spacial score (nSPS) is 12.5. The molecule has 1 aromatic heterocycles. The van der Waals surface area contributed by atoms with Crippen molar-refractivity contribution in [2.24, 2.45) is 5.10 Å². The lowest BCUT2D eigenvalue weighted by Gasteiger charge is -2.17. The van der Waals surface area contributed by atoms with Crippen LogP contribution < -0.4 is 9.75 Å². The number of methoxy groups -OCH3 is 1. The number of rotatable bonds is 5. The van der Waals surface area contributed by atoms with Crippen molar-refractivity contribution in [2.75, 3.05) is 18.7 Å². The molecular weight excluding hydrogens is 438 g/mol. The fraction of sp³-hybridized carbons (Fsp3) is 0.120. The molecule has 1 aliphatic heterocycles. The fourth-order valence-corrected chi connectivity index (χ4v) is 4.04. The van der Waals surface area contributed by atoms with Gasteiger partial charge in [-0.15, -0.1) is 10.2 Å². The number of fused-ring (bicyclic) bond motifs is 3. The minimum Gasteiger partial charge on any atom is -0.496 e. The summed E-state index contributed by atoms with van der Waals surface area (Å²) in [5.74, 6) is 1.52. The Balaban J connectivity index is 1.67. The summed E-state index contributed by atoms with van der Waals surface area (Å²) >= 11 is 6.12. The topological polar surface area (TPSA) is 72.6 Å². The number of carbonyl (C=O) groups is 1. The zero-order chi connectivity index (χ0) is 22.9. The molecule has 0 saturated carbocycles. The number of ether oxygens (including phenoxy) is 1. The highest BCUT2D eigenvalue weighted by Gasteiger charge is 2.28. The van der Waals surface area contributed by atoms with Crippen LogP contribution in [0.5, 0.6) is 5.75 Å². The van der Waals surface area contributed by atoms with Crippen molar-refractivity contribution >= 4 is 29.0 Å². The van der Waals surface area contributed by atoms with Crippen LogP contribution in [-0.2, 0) is 0 Å². The Morgan fingerprint density at radius 2 is 1.70 bits per heavy atom.